The number of rotatable bonds is 1. The molecule has 0 atom stereocenters. The summed E-state index contributed by atoms with van der Waals surface area (Å²) in [6.07, 6.45) is 0. The minimum atomic E-state index is 0.844. The molecule has 0 aliphatic carbocycles. The Hall–Kier alpha value is -1.61. The summed E-state index contributed by atoms with van der Waals surface area (Å²) in [5, 5.41) is 3.46. The number of hydrogen-bond acceptors (Lipinski definition) is 3. The van der Waals surface area contributed by atoms with Gasteiger partial charge in [0.2, 0.25) is 0 Å². The highest BCUT2D eigenvalue weighted by molar-refractivity contribution is 7.99. The van der Waals surface area contributed by atoms with Crippen molar-refractivity contribution < 1.29 is 4.74 Å². The van der Waals surface area contributed by atoms with Crippen LogP contribution in [0.4, 0.5) is 5.69 Å². The molecular weight excluding hydrogens is 230 g/mol. The maximum absolute atomic E-state index is 5.26. The molecule has 0 saturated carbocycles. The van der Waals surface area contributed by atoms with E-state index in [0.717, 1.165) is 12.3 Å². The summed E-state index contributed by atoms with van der Waals surface area (Å²) >= 11 is 1.80. The average molecular weight is 243 g/mol. The van der Waals surface area contributed by atoms with Crippen molar-refractivity contribution in [1.82, 2.24) is 0 Å². The van der Waals surface area contributed by atoms with Crippen LogP contribution in [-0.2, 0) is 6.54 Å². The number of methoxy groups -OCH3 is 1. The molecule has 0 unspecified atom stereocenters. The average Bonchev–Trinajstić information content (AvgIpc) is 2.57. The molecule has 1 aliphatic heterocycles. The van der Waals surface area contributed by atoms with Crippen LogP contribution in [0.3, 0.4) is 0 Å². The molecule has 1 heterocycles. The van der Waals surface area contributed by atoms with E-state index in [9.17, 15) is 0 Å². The molecule has 0 fully saturated rings. The number of ether oxygens (including phenoxy) is 1. The fraction of sp³-hybridized carbons (Fsp3) is 0.143. The first-order chi connectivity index (χ1) is 8.36. The Labute approximate surface area is 105 Å². The van der Waals surface area contributed by atoms with Gasteiger partial charge in [0.15, 0.2) is 0 Å². The van der Waals surface area contributed by atoms with Crippen LogP contribution in [0.25, 0.3) is 0 Å². The number of nitrogens with one attached hydrogen (secondary N) is 1. The minimum absolute atomic E-state index is 0.844. The van der Waals surface area contributed by atoms with E-state index in [2.05, 4.69) is 41.7 Å². The second kappa shape index (κ2) is 4.34. The molecule has 0 aromatic heterocycles. The molecule has 1 N–H and O–H groups in total. The molecule has 17 heavy (non-hydrogen) atoms. The van der Waals surface area contributed by atoms with Crippen molar-refractivity contribution in [3.8, 4) is 5.75 Å². The van der Waals surface area contributed by atoms with Crippen LogP contribution in [0, 0.1) is 0 Å². The van der Waals surface area contributed by atoms with Crippen molar-refractivity contribution in [1.29, 1.82) is 0 Å². The SMILES string of the molecule is COc1ccc2c(c1)CNc1ccccc1S2. The fourth-order valence-electron chi connectivity index (χ4n) is 1.93. The van der Waals surface area contributed by atoms with Crippen molar-refractivity contribution in [2.24, 2.45) is 0 Å². The Morgan fingerprint density at radius 3 is 2.88 bits per heavy atom. The number of para-hydroxylation sites is 1. The third-order valence-corrected chi connectivity index (χ3v) is 4.04. The lowest BCUT2D eigenvalue weighted by atomic mass is 10.2. The first-order valence-electron chi connectivity index (χ1n) is 5.54. The van der Waals surface area contributed by atoms with E-state index in [1.54, 1.807) is 18.9 Å². The van der Waals surface area contributed by atoms with Gasteiger partial charge in [0, 0.05) is 22.0 Å². The van der Waals surface area contributed by atoms with E-state index < -0.39 is 0 Å². The number of benzene rings is 2. The summed E-state index contributed by atoms with van der Waals surface area (Å²) in [5.74, 6) is 0.914. The zero-order chi connectivity index (χ0) is 11.7. The topological polar surface area (TPSA) is 21.3 Å². The van der Waals surface area contributed by atoms with Gasteiger partial charge in [-0.25, -0.2) is 0 Å². The summed E-state index contributed by atoms with van der Waals surface area (Å²) in [5.41, 5.74) is 2.48. The highest BCUT2D eigenvalue weighted by Crippen LogP contribution is 2.39. The molecule has 86 valence electrons. The Kier molecular flexibility index (Phi) is 2.69. The third kappa shape index (κ3) is 1.98. The quantitative estimate of drug-likeness (QED) is 0.823. The molecule has 3 rings (SSSR count). The fourth-order valence-corrected chi connectivity index (χ4v) is 2.96. The molecule has 0 bridgehead atoms. The Morgan fingerprint density at radius 2 is 2.00 bits per heavy atom. The zero-order valence-corrected chi connectivity index (χ0v) is 10.4. The van der Waals surface area contributed by atoms with E-state index in [4.69, 9.17) is 4.74 Å². The molecule has 0 spiro atoms. The monoisotopic (exact) mass is 243 g/mol. The predicted octanol–water partition coefficient (Wildman–Crippen LogP) is 3.77. The van der Waals surface area contributed by atoms with Gasteiger partial charge in [0.25, 0.3) is 0 Å². The van der Waals surface area contributed by atoms with Crippen LogP contribution in [0.2, 0.25) is 0 Å². The van der Waals surface area contributed by atoms with Crippen molar-refractivity contribution >= 4 is 17.4 Å². The first-order valence-corrected chi connectivity index (χ1v) is 6.36. The Morgan fingerprint density at radius 1 is 1.12 bits per heavy atom. The Bertz CT molecular complexity index is 554. The van der Waals surface area contributed by atoms with Gasteiger partial charge in [-0.3, -0.25) is 0 Å². The van der Waals surface area contributed by atoms with Crippen molar-refractivity contribution in [3.05, 3.63) is 48.0 Å². The van der Waals surface area contributed by atoms with E-state index in [0.29, 0.717) is 0 Å². The lowest BCUT2D eigenvalue weighted by molar-refractivity contribution is 0.414. The second-order valence-electron chi connectivity index (χ2n) is 3.93. The van der Waals surface area contributed by atoms with Crippen LogP contribution in [-0.4, -0.2) is 7.11 Å². The molecule has 1 aliphatic rings. The summed E-state index contributed by atoms with van der Waals surface area (Å²) < 4.78 is 5.26. The normalized spacial score (nSPS) is 13.0. The lowest BCUT2D eigenvalue weighted by Gasteiger charge is -2.07. The van der Waals surface area contributed by atoms with E-state index in [1.165, 1.54) is 21.0 Å². The summed E-state index contributed by atoms with van der Waals surface area (Å²) in [7, 11) is 1.70. The molecule has 2 aromatic rings. The van der Waals surface area contributed by atoms with Gasteiger partial charge in [0.05, 0.1) is 7.11 Å². The van der Waals surface area contributed by atoms with Crippen LogP contribution >= 0.6 is 11.8 Å². The largest absolute Gasteiger partial charge is 0.497 e. The van der Waals surface area contributed by atoms with E-state index in [-0.39, 0.29) is 0 Å². The molecule has 0 amide bonds. The maximum Gasteiger partial charge on any atom is 0.119 e. The number of fused-ring (bicyclic) bond motifs is 2. The Balaban J connectivity index is 2.03. The lowest BCUT2D eigenvalue weighted by Crippen LogP contribution is -1.98. The van der Waals surface area contributed by atoms with Crippen LogP contribution in [0.5, 0.6) is 5.75 Å². The zero-order valence-electron chi connectivity index (χ0n) is 9.57. The highest BCUT2D eigenvalue weighted by atomic mass is 32.2. The van der Waals surface area contributed by atoms with Gasteiger partial charge < -0.3 is 10.1 Å². The predicted molar refractivity (Wildman–Crippen MR) is 70.9 cm³/mol. The summed E-state index contributed by atoms with van der Waals surface area (Å²) in [6, 6.07) is 14.6. The molecule has 0 saturated heterocycles. The standard InChI is InChI=1S/C14H13NOS/c1-16-11-6-7-13-10(8-11)9-15-12-4-2-3-5-14(12)17-13/h2-8,15H,9H2,1H3. The van der Waals surface area contributed by atoms with Crippen LogP contribution in [0.15, 0.2) is 52.3 Å². The van der Waals surface area contributed by atoms with Crippen molar-refractivity contribution in [3.63, 3.8) is 0 Å². The van der Waals surface area contributed by atoms with Crippen molar-refractivity contribution in [2.45, 2.75) is 16.3 Å². The molecule has 2 aromatic carbocycles. The van der Waals surface area contributed by atoms with Gasteiger partial charge >= 0.3 is 0 Å². The van der Waals surface area contributed by atoms with Gasteiger partial charge in [-0.15, -0.1) is 0 Å². The van der Waals surface area contributed by atoms with Crippen LogP contribution in [0.1, 0.15) is 5.56 Å². The molecule has 0 radical (unpaired) electrons. The van der Waals surface area contributed by atoms with Crippen molar-refractivity contribution in [2.75, 3.05) is 12.4 Å². The first kappa shape index (κ1) is 10.5. The maximum atomic E-state index is 5.26. The van der Waals surface area contributed by atoms with Gasteiger partial charge in [-0.2, -0.15) is 0 Å². The minimum Gasteiger partial charge on any atom is -0.497 e. The van der Waals surface area contributed by atoms with Gasteiger partial charge in [-0.05, 0) is 35.9 Å². The van der Waals surface area contributed by atoms with E-state index >= 15 is 0 Å². The highest BCUT2D eigenvalue weighted by Gasteiger charge is 2.13. The number of anilines is 1. The smallest absolute Gasteiger partial charge is 0.119 e. The summed E-state index contributed by atoms with van der Waals surface area (Å²) in [6.45, 7) is 0.844. The molecule has 2 nitrogen and oxygen atoms in total. The van der Waals surface area contributed by atoms with Gasteiger partial charge in [0.1, 0.15) is 5.75 Å². The second-order valence-corrected chi connectivity index (χ2v) is 5.01. The van der Waals surface area contributed by atoms with E-state index in [1.807, 2.05) is 6.07 Å². The van der Waals surface area contributed by atoms with Crippen LogP contribution < -0.4 is 10.1 Å². The number of hydrogen-bond donors (Lipinski definition) is 1. The third-order valence-electron chi connectivity index (χ3n) is 2.84. The molecule has 3 heteroatoms. The van der Waals surface area contributed by atoms with Gasteiger partial charge in [-0.1, -0.05) is 23.9 Å². The molecular formula is C14H13NOS. The summed E-state index contributed by atoms with van der Waals surface area (Å²) in [4.78, 5) is 2.57.